The van der Waals surface area contributed by atoms with Gasteiger partial charge in [-0.25, -0.2) is 0 Å². The molecule has 3 nitrogen and oxygen atoms in total. The minimum atomic E-state index is 0.223. The van der Waals surface area contributed by atoms with Crippen LogP contribution < -0.4 is 0 Å². The first-order chi connectivity index (χ1) is 6.29. The molecule has 0 bridgehead atoms. The van der Waals surface area contributed by atoms with Gasteiger partial charge in [-0.05, 0) is 13.3 Å². The molecule has 0 N–H and O–H groups in total. The number of hydrogen-bond acceptors (Lipinski definition) is 3. The lowest BCUT2D eigenvalue weighted by molar-refractivity contribution is -0.166. The number of hydrogen-bond donors (Lipinski definition) is 0. The normalized spacial score (nSPS) is 22.4. The largest absolute Gasteiger partial charge is 0.418 e. The van der Waals surface area contributed by atoms with Crippen molar-refractivity contribution >= 4 is 9.76 Å². The minimum Gasteiger partial charge on any atom is -0.418 e. The first-order valence-corrected chi connectivity index (χ1v) is 5.75. The van der Waals surface area contributed by atoms with Gasteiger partial charge in [-0.2, -0.15) is 0 Å². The Morgan fingerprint density at radius 2 is 2.15 bits per heavy atom. The smallest absolute Gasteiger partial charge is 0.262 e. The van der Waals surface area contributed by atoms with Gasteiger partial charge in [-0.1, -0.05) is 6.92 Å². The van der Waals surface area contributed by atoms with E-state index in [0.717, 1.165) is 26.2 Å². The minimum absolute atomic E-state index is 0.223. The van der Waals surface area contributed by atoms with Gasteiger partial charge in [0.05, 0.1) is 18.9 Å². The molecule has 2 radical (unpaired) electrons. The van der Waals surface area contributed by atoms with E-state index in [1.54, 1.807) is 7.11 Å². The third kappa shape index (κ3) is 2.31. The van der Waals surface area contributed by atoms with Crippen LogP contribution in [-0.2, 0) is 13.9 Å². The fraction of sp³-hybridized carbons (Fsp3) is 1.00. The molecule has 0 aromatic heterocycles. The quantitative estimate of drug-likeness (QED) is 0.602. The Balaban J connectivity index is 2.49. The molecule has 0 amide bonds. The van der Waals surface area contributed by atoms with Crippen LogP contribution in [0, 0.1) is 5.41 Å². The molecule has 0 aromatic rings. The fourth-order valence-electron chi connectivity index (χ4n) is 1.51. The van der Waals surface area contributed by atoms with E-state index in [-0.39, 0.29) is 11.1 Å². The van der Waals surface area contributed by atoms with Gasteiger partial charge in [-0.3, -0.25) is 0 Å². The summed E-state index contributed by atoms with van der Waals surface area (Å²) in [6.07, 6.45) is 1.11. The molecular formula is C9H18O3Si. The Labute approximate surface area is 82.7 Å². The van der Waals surface area contributed by atoms with Crippen molar-refractivity contribution in [2.45, 2.75) is 26.0 Å². The molecule has 1 unspecified atom stereocenters. The average Bonchev–Trinajstić information content (AvgIpc) is 2.04. The summed E-state index contributed by atoms with van der Waals surface area (Å²) in [6.45, 7) is 6.61. The first-order valence-electron chi connectivity index (χ1n) is 4.77. The number of ether oxygens (including phenoxy) is 2. The lowest BCUT2D eigenvalue weighted by Gasteiger charge is -2.45. The molecular weight excluding hydrogens is 184 g/mol. The molecule has 1 fully saturated rings. The van der Waals surface area contributed by atoms with Crippen LogP contribution in [0.4, 0.5) is 0 Å². The summed E-state index contributed by atoms with van der Waals surface area (Å²) >= 11 is 0. The van der Waals surface area contributed by atoms with Gasteiger partial charge in [0.25, 0.3) is 9.76 Å². The van der Waals surface area contributed by atoms with Gasteiger partial charge in [0.2, 0.25) is 0 Å². The van der Waals surface area contributed by atoms with Crippen molar-refractivity contribution in [2.75, 3.05) is 26.9 Å². The monoisotopic (exact) mass is 202 g/mol. The molecule has 1 rings (SSSR count). The maximum absolute atomic E-state index is 5.69. The first kappa shape index (κ1) is 11.2. The lowest BCUT2D eigenvalue weighted by atomic mass is 9.84. The van der Waals surface area contributed by atoms with E-state index in [1.165, 1.54) is 0 Å². The molecule has 1 saturated heterocycles. The summed E-state index contributed by atoms with van der Waals surface area (Å²) in [5.74, 6) is 0. The van der Waals surface area contributed by atoms with E-state index >= 15 is 0 Å². The molecule has 0 saturated carbocycles. The topological polar surface area (TPSA) is 27.7 Å². The summed E-state index contributed by atoms with van der Waals surface area (Å²) in [4.78, 5) is 0. The van der Waals surface area contributed by atoms with Crippen LogP contribution in [0.3, 0.4) is 0 Å². The second-order valence-corrected chi connectivity index (χ2v) is 4.53. The van der Waals surface area contributed by atoms with Gasteiger partial charge < -0.3 is 13.9 Å². The van der Waals surface area contributed by atoms with Crippen molar-refractivity contribution in [1.82, 2.24) is 0 Å². The highest BCUT2D eigenvalue weighted by molar-refractivity contribution is 6.29. The van der Waals surface area contributed by atoms with E-state index in [0.29, 0.717) is 9.76 Å². The van der Waals surface area contributed by atoms with Crippen LogP contribution in [-0.4, -0.2) is 42.4 Å². The van der Waals surface area contributed by atoms with Crippen molar-refractivity contribution in [3.8, 4) is 0 Å². The molecule has 0 spiro atoms. The SMILES string of the molecule is CCOC([Si]OC)C1(CC)COC1. The summed E-state index contributed by atoms with van der Waals surface area (Å²) in [7, 11) is 2.16. The predicted octanol–water partition coefficient (Wildman–Crippen LogP) is 1.04. The molecule has 4 heteroatoms. The third-order valence-electron chi connectivity index (χ3n) is 2.60. The highest BCUT2D eigenvalue weighted by Gasteiger charge is 2.45. The zero-order valence-electron chi connectivity index (χ0n) is 8.63. The Morgan fingerprint density at radius 3 is 2.46 bits per heavy atom. The Bertz CT molecular complexity index is 136. The van der Waals surface area contributed by atoms with Crippen LogP contribution in [0.5, 0.6) is 0 Å². The fourth-order valence-corrected chi connectivity index (χ4v) is 2.58. The van der Waals surface area contributed by atoms with E-state index < -0.39 is 0 Å². The van der Waals surface area contributed by atoms with Crippen LogP contribution in [0.25, 0.3) is 0 Å². The molecule has 13 heavy (non-hydrogen) atoms. The highest BCUT2D eigenvalue weighted by atomic mass is 28.2. The van der Waals surface area contributed by atoms with Gasteiger partial charge in [0.15, 0.2) is 0 Å². The molecule has 0 aromatic carbocycles. The summed E-state index contributed by atoms with van der Waals surface area (Å²) < 4.78 is 16.1. The van der Waals surface area contributed by atoms with Gasteiger partial charge in [-0.15, -0.1) is 0 Å². The standard InChI is InChI=1S/C9H18O3Si/c1-4-9(6-11-7-9)8(12-5-2)13-10-3/h8H,4-7H2,1-3H3. The summed E-state index contributed by atoms with van der Waals surface area (Å²) in [5.41, 5.74) is 0.450. The van der Waals surface area contributed by atoms with Crippen molar-refractivity contribution in [2.24, 2.45) is 5.41 Å². The Kier molecular flexibility index (Phi) is 4.38. The van der Waals surface area contributed by atoms with E-state index in [9.17, 15) is 0 Å². The van der Waals surface area contributed by atoms with E-state index in [1.807, 2.05) is 6.92 Å². The second-order valence-electron chi connectivity index (χ2n) is 3.37. The van der Waals surface area contributed by atoms with Crippen molar-refractivity contribution in [3.63, 3.8) is 0 Å². The maximum Gasteiger partial charge on any atom is 0.262 e. The zero-order chi connectivity index (χ0) is 9.73. The highest BCUT2D eigenvalue weighted by Crippen LogP contribution is 2.36. The van der Waals surface area contributed by atoms with Crippen molar-refractivity contribution < 1.29 is 13.9 Å². The van der Waals surface area contributed by atoms with Gasteiger partial charge in [0, 0.05) is 19.1 Å². The Hall–Kier alpha value is 0.0969. The van der Waals surface area contributed by atoms with Crippen molar-refractivity contribution in [3.05, 3.63) is 0 Å². The zero-order valence-corrected chi connectivity index (χ0v) is 9.63. The molecule has 0 aliphatic carbocycles. The Morgan fingerprint density at radius 1 is 1.46 bits per heavy atom. The summed E-state index contributed by atoms with van der Waals surface area (Å²) in [6, 6.07) is 0. The van der Waals surface area contributed by atoms with Gasteiger partial charge >= 0.3 is 0 Å². The maximum atomic E-state index is 5.69. The van der Waals surface area contributed by atoms with Crippen molar-refractivity contribution in [1.29, 1.82) is 0 Å². The molecule has 1 aliphatic heterocycles. The predicted molar refractivity (Wildman–Crippen MR) is 51.7 cm³/mol. The number of rotatable bonds is 6. The van der Waals surface area contributed by atoms with Crippen LogP contribution in [0.2, 0.25) is 0 Å². The van der Waals surface area contributed by atoms with E-state index in [2.05, 4.69) is 6.92 Å². The second kappa shape index (κ2) is 5.10. The van der Waals surface area contributed by atoms with Crippen LogP contribution in [0.1, 0.15) is 20.3 Å². The molecule has 1 heterocycles. The van der Waals surface area contributed by atoms with Crippen LogP contribution in [0.15, 0.2) is 0 Å². The lowest BCUT2D eigenvalue weighted by Crippen LogP contribution is -2.54. The van der Waals surface area contributed by atoms with E-state index in [4.69, 9.17) is 13.9 Å². The van der Waals surface area contributed by atoms with Gasteiger partial charge in [0.1, 0.15) is 0 Å². The molecule has 1 atom stereocenters. The molecule has 76 valence electrons. The van der Waals surface area contributed by atoms with Crippen LogP contribution >= 0.6 is 0 Å². The molecule has 1 aliphatic rings. The third-order valence-corrected chi connectivity index (χ3v) is 3.83. The average molecular weight is 202 g/mol. The summed E-state index contributed by atoms with van der Waals surface area (Å²) in [5, 5.41) is 0.